The largest absolute Gasteiger partial charge is 0.309 e. The maximum absolute atomic E-state index is 2.44. The van der Waals surface area contributed by atoms with Crippen LogP contribution in [0.3, 0.4) is 0 Å². The van der Waals surface area contributed by atoms with Crippen LogP contribution in [-0.4, -0.2) is 0 Å². The summed E-state index contributed by atoms with van der Waals surface area (Å²) in [6.45, 7) is 0. The van der Waals surface area contributed by atoms with Crippen molar-refractivity contribution in [1.82, 2.24) is 0 Å². The van der Waals surface area contributed by atoms with Crippen molar-refractivity contribution < 1.29 is 0 Å². The molecule has 2 nitrogen and oxygen atoms in total. The van der Waals surface area contributed by atoms with E-state index in [0.29, 0.717) is 0 Å². The number of fused-ring (bicyclic) bond motifs is 8. The van der Waals surface area contributed by atoms with Gasteiger partial charge in [0.25, 0.3) is 0 Å². The zero-order chi connectivity index (χ0) is 50.4. The van der Waals surface area contributed by atoms with Crippen molar-refractivity contribution in [2.45, 2.75) is 0 Å². The molecule has 0 heterocycles. The average Bonchev–Trinajstić information content (AvgIpc) is 3.56. The molecule has 356 valence electrons. The summed E-state index contributed by atoms with van der Waals surface area (Å²) in [4.78, 5) is 4.88. The van der Waals surface area contributed by atoms with Crippen LogP contribution in [-0.2, 0) is 0 Å². The molecular formula is C74H50N2. The Balaban J connectivity index is 0.725. The molecule has 0 spiro atoms. The third-order valence-corrected chi connectivity index (χ3v) is 15.2. The van der Waals surface area contributed by atoms with Crippen molar-refractivity contribution in [3.05, 3.63) is 302 Å². The van der Waals surface area contributed by atoms with E-state index < -0.39 is 0 Å². The molecule has 0 saturated carbocycles. The topological polar surface area (TPSA) is 6.48 Å². The number of nitrogens with zero attached hydrogens (tertiary/aromatic N) is 2. The molecule has 0 unspecified atom stereocenters. The van der Waals surface area contributed by atoms with Gasteiger partial charge in [0.2, 0.25) is 0 Å². The third-order valence-electron chi connectivity index (χ3n) is 15.2. The summed E-state index contributed by atoms with van der Waals surface area (Å²) in [5, 5.41) is 14.7. The first-order valence-electron chi connectivity index (χ1n) is 26.1. The Morgan fingerprint density at radius 3 is 0.868 bits per heavy atom. The van der Waals surface area contributed by atoms with Crippen LogP contribution in [0.5, 0.6) is 0 Å². The van der Waals surface area contributed by atoms with Crippen LogP contribution in [0.4, 0.5) is 34.1 Å². The van der Waals surface area contributed by atoms with Crippen molar-refractivity contribution in [1.29, 1.82) is 0 Å². The summed E-state index contributed by atoms with van der Waals surface area (Å²) in [5.41, 5.74) is 13.8. The van der Waals surface area contributed by atoms with Gasteiger partial charge in [0, 0.05) is 32.9 Å². The van der Waals surface area contributed by atoms with Gasteiger partial charge in [-0.05, 0) is 125 Å². The zero-order valence-corrected chi connectivity index (χ0v) is 41.8. The number of rotatable bonds is 10. The van der Waals surface area contributed by atoms with Crippen LogP contribution in [0.25, 0.3) is 99.0 Å². The minimum atomic E-state index is 1.11. The highest BCUT2D eigenvalue weighted by molar-refractivity contribution is 6.17. The Bertz CT molecular complexity index is 4190. The number of hydrogen-bond acceptors (Lipinski definition) is 2. The molecule has 14 rings (SSSR count). The van der Waals surface area contributed by atoms with Gasteiger partial charge in [0.1, 0.15) is 0 Å². The summed E-state index contributed by atoms with van der Waals surface area (Å²) in [7, 11) is 0. The maximum Gasteiger partial charge on any atom is 0.0546 e. The first kappa shape index (κ1) is 44.7. The van der Waals surface area contributed by atoms with Crippen molar-refractivity contribution >= 4 is 111 Å². The van der Waals surface area contributed by atoms with Gasteiger partial charge < -0.3 is 9.80 Å². The fourth-order valence-corrected chi connectivity index (χ4v) is 11.4. The molecular weight excluding hydrogens is 917 g/mol. The molecule has 0 atom stereocenters. The van der Waals surface area contributed by atoms with E-state index in [1.165, 1.54) is 86.9 Å². The number of anilines is 6. The van der Waals surface area contributed by atoms with Gasteiger partial charge in [-0.1, -0.05) is 255 Å². The Morgan fingerprint density at radius 2 is 0.487 bits per heavy atom. The Morgan fingerprint density at radius 1 is 0.197 bits per heavy atom. The molecule has 14 aromatic carbocycles. The molecule has 0 aliphatic heterocycles. The van der Waals surface area contributed by atoms with E-state index in [1.54, 1.807) is 0 Å². The van der Waals surface area contributed by atoms with Gasteiger partial charge in [-0.3, -0.25) is 0 Å². The highest BCUT2D eigenvalue weighted by Gasteiger charge is 2.21. The van der Waals surface area contributed by atoms with Crippen molar-refractivity contribution in [2.75, 3.05) is 9.80 Å². The molecule has 0 fully saturated rings. The minimum Gasteiger partial charge on any atom is -0.309 e. The maximum atomic E-state index is 2.44. The summed E-state index contributed by atoms with van der Waals surface area (Å²) in [5.74, 6) is 0. The predicted molar refractivity (Wildman–Crippen MR) is 327 cm³/mol. The minimum absolute atomic E-state index is 1.11. The van der Waals surface area contributed by atoms with E-state index in [4.69, 9.17) is 0 Å². The van der Waals surface area contributed by atoms with Gasteiger partial charge in [-0.25, -0.2) is 0 Å². The Hall–Kier alpha value is -10.0. The molecule has 0 bridgehead atoms. The van der Waals surface area contributed by atoms with E-state index in [-0.39, 0.29) is 0 Å². The van der Waals surface area contributed by atoms with E-state index in [2.05, 4.69) is 313 Å². The lowest BCUT2D eigenvalue weighted by molar-refractivity contribution is 1.32. The van der Waals surface area contributed by atoms with Gasteiger partial charge >= 0.3 is 0 Å². The number of hydrogen-bond donors (Lipinski definition) is 0. The molecule has 0 radical (unpaired) electrons. The molecule has 0 aromatic heterocycles. The second kappa shape index (κ2) is 19.1. The smallest absolute Gasteiger partial charge is 0.0546 e. The molecule has 0 saturated heterocycles. The third kappa shape index (κ3) is 8.10. The normalized spacial score (nSPS) is 11.6. The highest BCUT2D eigenvalue weighted by Crippen LogP contribution is 2.47. The molecule has 0 aliphatic rings. The molecule has 0 aliphatic carbocycles. The lowest BCUT2D eigenvalue weighted by Crippen LogP contribution is -2.11. The van der Waals surface area contributed by atoms with Crippen LogP contribution in [0.2, 0.25) is 0 Å². The lowest BCUT2D eigenvalue weighted by Gasteiger charge is -2.29. The van der Waals surface area contributed by atoms with E-state index in [9.17, 15) is 0 Å². The van der Waals surface area contributed by atoms with Crippen LogP contribution in [0, 0.1) is 0 Å². The van der Waals surface area contributed by atoms with Crippen molar-refractivity contribution in [3.8, 4) is 22.3 Å². The summed E-state index contributed by atoms with van der Waals surface area (Å²) < 4.78 is 0. The standard InChI is InChI=1S/C74H50N2/c1-7-23-65-57(15-1)19-13-29-71(65)75(73-49-59-17-3-5-21-63(59)67-25-9-11-27-69(67)73)61-45-41-55(42-46-61)53-37-33-51(34-38-53)31-32-52-35-39-54(40-36-52)56-43-47-62(48-44-56)76(72-30-14-20-58-16-2-8-24-66(58)72)74-50-60-18-4-6-22-64(60)68-26-10-12-28-70(68)74/h1-50H. The SMILES string of the molecule is C(=Cc1ccc(-c2ccc(N(c3cccc4ccccc34)c3cc4ccccc4c4ccccc34)cc2)cc1)c1ccc(-c2ccc(N(c3cccc4ccccc34)c3cc4ccccc4c4ccccc34)cc2)cc1. The van der Waals surface area contributed by atoms with E-state index in [1.807, 2.05) is 0 Å². The summed E-state index contributed by atoms with van der Waals surface area (Å²) in [6.07, 6.45) is 4.40. The first-order chi connectivity index (χ1) is 37.7. The fraction of sp³-hybridized carbons (Fsp3) is 0. The van der Waals surface area contributed by atoms with Crippen molar-refractivity contribution in [3.63, 3.8) is 0 Å². The quantitative estimate of drug-likeness (QED) is 0.0995. The molecule has 76 heavy (non-hydrogen) atoms. The van der Waals surface area contributed by atoms with Gasteiger partial charge in [-0.15, -0.1) is 0 Å². The van der Waals surface area contributed by atoms with Gasteiger partial charge in [-0.2, -0.15) is 0 Å². The van der Waals surface area contributed by atoms with E-state index in [0.717, 1.165) is 45.3 Å². The van der Waals surface area contributed by atoms with Crippen LogP contribution >= 0.6 is 0 Å². The van der Waals surface area contributed by atoms with Gasteiger partial charge in [0.05, 0.1) is 22.7 Å². The van der Waals surface area contributed by atoms with E-state index >= 15 is 0 Å². The molecule has 0 amide bonds. The lowest BCUT2D eigenvalue weighted by atomic mass is 9.98. The van der Waals surface area contributed by atoms with Crippen LogP contribution < -0.4 is 9.80 Å². The monoisotopic (exact) mass is 966 g/mol. The molecule has 14 aromatic rings. The highest BCUT2D eigenvalue weighted by atomic mass is 15.2. The summed E-state index contributed by atoms with van der Waals surface area (Å²) >= 11 is 0. The average molecular weight is 967 g/mol. The van der Waals surface area contributed by atoms with Crippen LogP contribution in [0.15, 0.2) is 291 Å². The second-order valence-electron chi connectivity index (χ2n) is 19.7. The predicted octanol–water partition coefficient (Wildman–Crippen LogP) is 21.0. The fourth-order valence-electron chi connectivity index (χ4n) is 11.4. The second-order valence-corrected chi connectivity index (χ2v) is 19.7. The number of benzene rings is 14. The first-order valence-corrected chi connectivity index (χ1v) is 26.1. The molecule has 2 heteroatoms. The Labute approximate surface area is 442 Å². The van der Waals surface area contributed by atoms with Crippen molar-refractivity contribution in [2.24, 2.45) is 0 Å². The zero-order valence-electron chi connectivity index (χ0n) is 41.8. The summed E-state index contributed by atoms with van der Waals surface area (Å²) in [6, 6.07) is 106. The Kier molecular flexibility index (Phi) is 11.2. The van der Waals surface area contributed by atoms with Gasteiger partial charge in [0.15, 0.2) is 0 Å². The van der Waals surface area contributed by atoms with Crippen LogP contribution in [0.1, 0.15) is 11.1 Å². The molecule has 0 N–H and O–H groups in total.